The summed E-state index contributed by atoms with van der Waals surface area (Å²) in [7, 11) is 0. The Bertz CT molecular complexity index is 410. The van der Waals surface area contributed by atoms with Crippen molar-refractivity contribution in [2.24, 2.45) is 11.7 Å². The number of hydrogen-bond acceptors (Lipinski definition) is 4. The molecule has 2 N–H and O–H groups in total. The Morgan fingerprint density at radius 1 is 1.69 bits per heavy atom. The molecule has 2 unspecified atom stereocenters. The van der Waals surface area contributed by atoms with Crippen LogP contribution in [0.2, 0.25) is 0 Å². The van der Waals surface area contributed by atoms with Gasteiger partial charge in [-0.1, -0.05) is 0 Å². The molecule has 0 bridgehead atoms. The summed E-state index contributed by atoms with van der Waals surface area (Å²) in [6.07, 6.45) is 2.75. The monoisotopic (exact) mass is 216 g/mol. The van der Waals surface area contributed by atoms with Gasteiger partial charge in [-0.05, 0) is 37.9 Å². The maximum atomic E-state index is 9.02. The summed E-state index contributed by atoms with van der Waals surface area (Å²) in [6.45, 7) is 3.81. The number of pyridine rings is 1. The number of nitrogens with zero attached hydrogens (tertiary/aromatic N) is 3. The van der Waals surface area contributed by atoms with E-state index in [-0.39, 0.29) is 0 Å². The highest BCUT2D eigenvalue weighted by atomic mass is 15.2. The van der Waals surface area contributed by atoms with Crippen LogP contribution in [0.3, 0.4) is 0 Å². The third-order valence-electron chi connectivity index (χ3n) is 3.20. The Balaban J connectivity index is 2.28. The molecular formula is C12H16N4. The van der Waals surface area contributed by atoms with E-state index in [4.69, 9.17) is 11.0 Å². The van der Waals surface area contributed by atoms with Gasteiger partial charge in [-0.2, -0.15) is 5.26 Å². The summed E-state index contributed by atoms with van der Waals surface area (Å²) in [5, 5.41) is 9.02. The van der Waals surface area contributed by atoms with Crippen LogP contribution in [0, 0.1) is 17.2 Å². The van der Waals surface area contributed by atoms with Crippen LogP contribution >= 0.6 is 0 Å². The lowest BCUT2D eigenvalue weighted by Gasteiger charge is -2.24. The smallest absolute Gasteiger partial charge is 0.163 e. The van der Waals surface area contributed by atoms with E-state index in [1.807, 2.05) is 12.1 Å². The standard InChI is InChI=1S/C12H16N4/c1-9-5-10(6-13)8-16(9)12-3-2-4-15-11(12)7-14/h2-4,9-10H,5-6,8,13H2,1H3. The molecule has 2 atom stereocenters. The molecule has 0 radical (unpaired) electrons. The van der Waals surface area contributed by atoms with E-state index in [1.165, 1.54) is 0 Å². The minimum atomic E-state index is 0.435. The molecule has 0 aliphatic carbocycles. The first kappa shape index (κ1) is 10.9. The molecule has 1 aliphatic rings. The van der Waals surface area contributed by atoms with E-state index in [0.717, 1.165) is 18.7 Å². The van der Waals surface area contributed by atoms with Crippen molar-refractivity contribution < 1.29 is 0 Å². The van der Waals surface area contributed by atoms with Crippen LogP contribution < -0.4 is 10.6 Å². The number of hydrogen-bond donors (Lipinski definition) is 1. The highest BCUT2D eigenvalue weighted by Crippen LogP contribution is 2.29. The van der Waals surface area contributed by atoms with Gasteiger partial charge in [0.15, 0.2) is 5.69 Å². The van der Waals surface area contributed by atoms with Crippen molar-refractivity contribution in [3.63, 3.8) is 0 Å². The van der Waals surface area contributed by atoms with Crippen LogP contribution in [0.4, 0.5) is 5.69 Å². The second kappa shape index (κ2) is 4.50. The van der Waals surface area contributed by atoms with Crippen LogP contribution in [0.25, 0.3) is 0 Å². The molecule has 1 aliphatic heterocycles. The van der Waals surface area contributed by atoms with E-state index in [9.17, 15) is 0 Å². The van der Waals surface area contributed by atoms with E-state index < -0.39 is 0 Å². The Morgan fingerprint density at radius 3 is 3.12 bits per heavy atom. The second-order valence-corrected chi connectivity index (χ2v) is 4.32. The molecule has 4 heteroatoms. The topological polar surface area (TPSA) is 65.9 Å². The first-order valence-electron chi connectivity index (χ1n) is 5.58. The van der Waals surface area contributed by atoms with Gasteiger partial charge in [0.2, 0.25) is 0 Å². The van der Waals surface area contributed by atoms with Gasteiger partial charge in [-0.3, -0.25) is 0 Å². The van der Waals surface area contributed by atoms with Gasteiger partial charge in [-0.15, -0.1) is 0 Å². The zero-order chi connectivity index (χ0) is 11.5. The van der Waals surface area contributed by atoms with Gasteiger partial charge in [0, 0.05) is 18.8 Å². The fourth-order valence-electron chi connectivity index (χ4n) is 2.36. The molecule has 1 saturated heterocycles. The van der Waals surface area contributed by atoms with Crippen LogP contribution in [-0.4, -0.2) is 24.1 Å². The summed E-state index contributed by atoms with van der Waals surface area (Å²) in [4.78, 5) is 6.33. The highest BCUT2D eigenvalue weighted by Gasteiger charge is 2.29. The molecular weight excluding hydrogens is 200 g/mol. The van der Waals surface area contributed by atoms with Crippen molar-refractivity contribution in [1.29, 1.82) is 5.26 Å². The summed E-state index contributed by atoms with van der Waals surface area (Å²) in [6, 6.07) is 6.41. The van der Waals surface area contributed by atoms with Crippen molar-refractivity contribution >= 4 is 5.69 Å². The lowest BCUT2D eigenvalue weighted by Crippen LogP contribution is -2.28. The lowest BCUT2D eigenvalue weighted by atomic mass is 10.1. The van der Waals surface area contributed by atoms with Crippen LogP contribution in [0.1, 0.15) is 19.0 Å². The van der Waals surface area contributed by atoms with Crippen molar-refractivity contribution in [3.05, 3.63) is 24.0 Å². The Kier molecular flexibility index (Phi) is 3.07. The fraction of sp³-hybridized carbons (Fsp3) is 0.500. The minimum absolute atomic E-state index is 0.435. The summed E-state index contributed by atoms with van der Waals surface area (Å²) < 4.78 is 0. The van der Waals surface area contributed by atoms with Crippen molar-refractivity contribution in [1.82, 2.24) is 4.98 Å². The number of aromatic nitrogens is 1. The van der Waals surface area contributed by atoms with Crippen LogP contribution in [0.15, 0.2) is 18.3 Å². The van der Waals surface area contributed by atoms with Crippen LogP contribution in [-0.2, 0) is 0 Å². The summed E-state index contributed by atoms with van der Waals surface area (Å²) >= 11 is 0. The zero-order valence-corrected chi connectivity index (χ0v) is 9.43. The van der Waals surface area contributed by atoms with Crippen molar-refractivity contribution in [2.45, 2.75) is 19.4 Å². The molecule has 0 spiro atoms. The molecule has 1 aromatic heterocycles. The average molecular weight is 216 g/mol. The number of anilines is 1. The van der Waals surface area contributed by atoms with E-state index in [1.54, 1.807) is 6.20 Å². The maximum absolute atomic E-state index is 9.02. The largest absolute Gasteiger partial charge is 0.366 e. The molecule has 2 rings (SSSR count). The van der Waals surface area contributed by atoms with Gasteiger partial charge in [-0.25, -0.2) is 4.98 Å². The van der Waals surface area contributed by atoms with Crippen LogP contribution in [0.5, 0.6) is 0 Å². The van der Waals surface area contributed by atoms with Gasteiger partial charge >= 0.3 is 0 Å². The normalized spacial score (nSPS) is 24.4. The first-order valence-corrected chi connectivity index (χ1v) is 5.58. The zero-order valence-electron chi connectivity index (χ0n) is 9.43. The molecule has 0 amide bonds. The predicted molar refractivity (Wildman–Crippen MR) is 62.9 cm³/mol. The van der Waals surface area contributed by atoms with Gasteiger partial charge in [0.25, 0.3) is 0 Å². The molecule has 0 aromatic carbocycles. The molecule has 1 aromatic rings. The SMILES string of the molecule is CC1CC(CN)CN1c1cccnc1C#N. The molecule has 84 valence electrons. The Morgan fingerprint density at radius 2 is 2.50 bits per heavy atom. The van der Waals surface area contributed by atoms with Crippen molar-refractivity contribution in [2.75, 3.05) is 18.0 Å². The quantitative estimate of drug-likeness (QED) is 0.804. The second-order valence-electron chi connectivity index (χ2n) is 4.32. The number of rotatable bonds is 2. The van der Waals surface area contributed by atoms with Gasteiger partial charge in [0.1, 0.15) is 6.07 Å². The van der Waals surface area contributed by atoms with Gasteiger partial charge in [0.05, 0.1) is 5.69 Å². The van der Waals surface area contributed by atoms with E-state index in [2.05, 4.69) is 22.9 Å². The molecule has 16 heavy (non-hydrogen) atoms. The Hall–Kier alpha value is -1.60. The Labute approximate surface area is 95.7 Å². The van der Waals surface area contributed by atoms with E-state index in [0.29, 0.717) is 24.2 Å². The fourth-order valence-corrected chi connectivity index (χ4v) is 2.36. The number of nitrogens with two attached hydrogens (primary N) is 1. The third-order valence-corrected chi connectivity index (χ3v) is 3.20. The predicted octanol–water partition coefficient (Wildman–Crippen LogP) is 1.13. The van der Waals surface area contributed by atoms with E-state index >= 15 is 0 Å². The summed E-state index contributed by atoms with van der Waals surface area (Å²) in [5.74, 6) is 0.529. The average Bonchev–Trinajstić information content (AvgIpc) is 2.70. The lowest BCUT2D eigenvalue weighted by molar-refractivity contribution is 0.579. The molecule has 0 saturated carbocycles. The number of nitriles is 1. The van der Waals surface area contributed by atoms with Crippen molar-refractivity contribution in [3.8, 4) is 6.07 Å². The first-order chi connectivity index (χ1) is 7.76. The molecule has 2 heterocycles. The molecule has 4 nitrogen and oxygen atoms in total. The maximum Gasteiger partial charge on any atom is 0.163 e. The highest BCUT2D eigenvalue weighted by molar-refractivity contribution is 5.57. The summed E-state index contributed by atoms with van der Waals surface area (Å²) in [5.41, 5.74) is 7.14. The third kappa shape index (κ3) is 1.86. The van der Waals surface area contributed by atoms with Gasteiger partial charge < -0.3 is 10.6 Å². The molecule has 1 fully saturated rings. The minimum Gasteiger partial charge on any atom is -0.366 e.